The number of halogens is 1. The van der Waals surface area contributed by atoms with Gasteiger partial charge in [-0.2, -0.15) is 5.10 Å². The zero-order chi connectivity index (χ0) is 18.2. The summed E-state index contributed by atoms with van der Waals surface area (Å²) in [7, 11) is 0. The van der Waals surface area contributed by atoms with Gasteiger partial charge in [0, 0.05) is 22.5 Å². The van der Waals surface area contributed by atoms with E-state index in [2.05, 4.69) is 92.7 Å². The third kappa shape index (κ3) is 3.07. The molecule has 4 aromatic rings. The second kappa shape index (κ2) is 6.91. The van der Waals surface area contributed by atoms with E-state index in [0.29, 0.717) is 0 Å². The fraction of sp³-hybridized carbons (Fsp3) is 0.0909. The van der Waals surface area contributed by atoms with Gasteiger partial charge in [-0.25, -0.2) is 9.99 Å². The molecule has 3 aromatic carbocycles. The van der Waals surface area contributed by atoms with Crippen LogP contribution >= 0.6 is 27.3 Å². The van der Waals surface area contributed by atoms with Gasteiger partial charge in [-0.05, 0) is 34.0 Å². The van der Waals surface area contributed by atoms with E-state index in [0.717, 1.165) is 27.3 Å². The molecule has 1 unspecified atom stereocenters. The molecule has 27 heavy (non-hydrogen) atoms. The van der Waals surface area contributed by atoms with E-state index in [1.54, 1.807) is 11.3 Å². The van der Waals surface area contributed by atoms with Crippen molar-refractivity contribution >= 4 is 48.9 Å². The van der Waals surface area contributed by atoms with Crippen molar-refractivity contribution in [1.82, 2.24) is 4.98 Å². The molecule has 0 N–H and O–H groups in total. The second-order valence-electron chi connectivity index (χ2n) is 6.50. The average molecular weight is 434 g/mol. The molecule has 0 amide bonds. The Kier molecular flexibility index (Phi) is 4.26. The quantitative estimate of drug-likeness (QED) is 0.373. The zero-order valence-corrected chi connectivity index (χ0v) is 16.8. The Hall–Kier alpha value is -2.50. The third-order valence-electron chi connectivity index (χ3n) is 4.89. The highest BCUT2D eigenvalue weighted by Gasteiger charge is 2.32. The molecule has 132 valence electrons. The van der Waals surface area contributed by atoms with Crippen LogP contribution in [0.15, 0.2) is 87.9 Å². The van der Waals surface area contributed by atoms with Crippen molar-refractivity contribution in [3.63, 3.8) is 0 Å². The first-order valence-electron chi connectivity index (χ1n) is 8.79. The van der Waals surface area contributed by atoms with Gasteiger partial charge >= 0.3 is 0 Å². The SMILES string of the molecule is Brc1ccc(C2=NN(c3nccs3)C(c3cccc4ccccc34)C2)cc1. The van der Waals surface area contributed by atoms with Crippen molar-refractivity contribution in [2.75, 3.05) is 5.01 Å². The van der Waals surface area contributed by atoms with Crippen LogP contribution in [0.3, 0.4) is 0 Å². The fourth-order valence-electron chi connectivity index (χ4n) is 3.62. The molecule has 0 spiro atoms. The Labute approximate surface area is 170 Å². The van der Waals surface area contributed by atoms with E-state index in [1.807, 2.05) is 11.6 Å². The lowest BCUT2D eigenvalue weighted by Gasteiger charge is -2.22. The molecule has 5 heteroatoms. The van der Waals surface area contributed by atoms with E-state index >= 15 is 0 Å². The second-order valence-corrected chi connectivity index (χ2v) is 8.29. The Morgan fingerprint density at radius 2 is 1.78 bits per heavy atom. The van der Waals surface area contributed by atoms with Gasteiger partial charge in [-0.1, -0.05) is 70.5 Å². The van der Waals surface area contributed by atoms with Crippen LogP contribution in [0.25, 0.3) is 10.8 Å². The number of rotatable bonds is 3. The monoisotopic (exact) mass is 433 g/mol. The van der Waals surface area contributed by atoms with Crippen molar-refractivity contribution in [1.29, 1.82) is 0 Å². The highest BCUT2D eigenvalue weighted by Crippen LogP contribution is 2.40. The molecule has 1 aromatic heterocycles. The molecule has 1 aliphatic heterocycles. The van der Waals surface area contributed by atoms with Crippen LogP contribution in [-0.2, 0) is 0 Å². The summed E-state index contributed by atoms with van der Waals surface area (Å²) in [5.41, 5.74) is 3.54. The Bertz CT molecular complexity index is 1110. The van der Waals surface area contributed by atoms with Crippen LogP contribution in [0, 0.1) is 0 Å². The summed E-state index contributed by atoms with van der Waals surface area (Å²) >= 11 is 5.14. The molecule has 0 aliphatic carbocycles. The first-order chi connectivity index (χ1) is 13.3. The minimum atomic E-state index is 0.140. The summed E-state index contributed by atoms with van der Waals surface area (Å²) < 4.78 is 1.08. The lowest BCUT2D eigenvalue weighted by molar-refractivity contribution is 0.711. The number of fused-ring (bicyclic) bond motifs is 1. The van der Waals surface area contributed by atoms with Gasteiger partial charge in [0.05, 0.1) is 11.8 Å². The van der Waals surface area contributed by atoms with E-state index < -0.39 is 0 Å². The Balaban J connectivity index is 1.62. The smallest absolute Gasteiger partial charge is 0.206 e. The molecule has 5 rings (SSSR count). The van der Waals surface area contributed by atoms with Crippen LogP contribution < -0.4 is 5.01 Å². The van der Waals surface area contributed by atoms with Gasteiger partial charge in [0.25, 0.3) is 0 Å². The molecular formula is C22H16BrN3S. The van der Waals surface area contributed by atoms with Crippen LogP contribution in [0.1, 0.15) is 23.6 Å². The summed E-state index contributed by atoms with van der Waals surface area (Å²) in [5, 5.41) is 12.5. The van der Waals surface area contributed by atoms with E-state index in [4.69, 9.17) is 5.10 Å². The lowest BCUT2D eigenvalue weighted by atomic mass is 9.94. The maximum Gasteiger partial charge on any atom is 0.206 e. The highest BCUT2D eigenvalue weighted by molar-refractivity contribution is 9.10. The summed E-state index contributed by atoms with van der Waals surface area (Å²) in [4.78, 5) is 4.53. The number of hydrogen-bond acceptors (Lipinski definition) is 4. The molecule has 0 saturated carbocycles. The van der Waals surface area contributed by atoms with E-state index in [-0.39, 0.29) is 6.04 Å². The molecule has 3 nitrogen and oxygen atoms in total. The summed E-state index contributed by atoms with van der Waals surface area (Å²) in [6, 6.07) is 23.6. The van der Waals surface area contributed by atoms with Gasteiger partial charge < -0.3 is 0 Å². The Morgan fingerprint density at radius 3 is 2.59 bits per heavy atom. The lowest BCUT2D eigenvalue weighted by Crippen LogP contribution is -2.18. The van der Waals surface area contributed by atoms with Crippen LogP contribution in [-0.4, -0.2) is 10.7 Å². The molecule has 1 aliphatic rings. The van der Waals surface area contributed by atoms with Gasteiger partial charge in [-0.15, -0.1) is 11.3 Å². The third-order valence-corrected chi connectivity index (χ3v) is 6.18. The number of benzene rings is 3. The summed E-state index contributed by atoms with van der Waals surface area (Å²) in [6.07, 6.45) is 2.70. The molecule has 1 atom stereocenters. The zero-order valence-electron chi connectivity index (χ0n) is 14.4. The number of aromatic nitrogens is 1. The van der Waals surface area contributed by atoms with E-state index in [1.165, 1.54) is 16.3 Å². The highest BCUT2D eigenvalue weighted by atomic mass is 79.9. The summed E-state index contributed by atoms with van der Waals surface area (Å²) in [6.45, 7) is 0. The number of nitrogens with zero attached hydrogens (tertiary/aromatic N) is 3. The molecule has 0 bridgehead atoms. The van der Waals surface area contributed by atoms with Gasteiger partial charge in [0.15, 0.2) is 0 Å². The molecule has 0 radical (unpaired) electrons. The fourth-order valence-corrected chi connectivity index (χ4v) is 4.52. The predicted octanol–water partition coefficient (Wildman–Crippen LogP) is 6.41. The van der Waals surface area contributed by atoms with Crippen molar-refractivity contribution in [2.45, 2.75) is 12.5 Å². The van der Waals surface area contributed by atoms with Crippen LogP contribution in [0.5, 0.6) is 0 Å². The maximum atomic E-state index is 4.98. The molecule has 2 heterocycles. The maximum absolute atomic E-state index is 4.98. The number of thiazole rings is 1. The summed E-state index contributed by atoms with van der Waals surface area (Å²) in [5.74, 6) is 0. The number of hydrazone groups is 1. The van der Waals surface area contributed by atoms with Crippen LogP contribution in [0.4, 0.5) is 5.13 Å². The topological polar surface area (TPSA) is 28.5 Å². The largest absolute Gasteiger partial charge is 0.231 e. The molecule has 0 fully saturated rings. The molecule has 0 saturated heterocycles. The van der Waals surface area contributed by atoms with Crippen molar-refractivity contribution in [3.8, 4) is 0 Å². The first-order valence-corrected chi connectivity index (χ1v) is 10.5. The van der Waals surface area contributed by atoms with Crippen molar-refractivity contribution in [2.24, 2.45) is 5.10 Å². The number of anilines is 1. The van der Waals surface area contributed by atoms with Gasteiger partial charge in [0.1, 0.15) is 0 Å². The van der Waals surface area contributed by atoms with Crippen LogP contribution in [0.2, 0.25) is 0 Å². The van der Waals surface area contributed by atoms with Crippen molar-refractivity contribution in [3.05, 3.63) is 93.9 Å². The van der Waals surface area contributed by atoms with Crippen molar-refractivity contribution < 1.29 is 0 Å². The molecular weight excluding hydrogens is 418 g/mol. The van der Waals surface area contributed by atoms with Gasteiger partial charge in [-0.3, -0.25) is 0 Å². The standard InChI is InChI=1S/C22H16BrN3S/c23-17-10-8-16(9-11-17)20-14-21(26(25-20)22-24-12-13-27-22)19-7-3-5-15-4-1-2-6-18(15)19/h1-13,21H,14H2. The van der Waals surface area contributed by atoms with E-state index in [9.17, 15) is 0 Å². The minimum absolute atomic E-state index is 0.140. The Morgan fingerprint density at radius 1 is 0.963 bits per heavy atom. The predicted molar refractivity (Wildman–Crippen MR) is 117 cm³/mol. The number of hydrogen-bond donors (Lipinski definition) is 0. The van der Waals surface area contributed by atoms with Gasteiger partial charge in [0.2, 0.25) is 5.13 Å². The first kappa shape index (κ1) is 16.7. The minimum Gasteiger partial charge on any atom is -0.231 e. The normalized spacial score (nSPS) is 16.7. The average Bonchev–Trinajstić information content (AvgIpc) is 3.38.